The number of halogens is 2. The van der Waals surface area contributed by atoms with Gasteiger partial charge in [-0.3, -0.25) is 4.78 Å². The summed E-state index contributed by atoms with van der Waals surface area (Å²) in [7, 11) is -2.31. The molecule has 1 saturated heterocycles. The highest BCUT2D eigenvalue weighted by atomic mass is 35.5. The van der Waals surface area contributed by atoms with E-state index in [1.54, 1.807) is 6.26 Å². The predicted octanol–water partition coefficient (Wildman–Crippen LogP) is 1.79. The van der Waals surface area contributed by atoms with E-state index in [2.05, 4.69) is 5.32 Å². The summed E-state index contributed by atoms with van der Waals surface area (Å²) < 4.78 is 18.9. The van der Waals surface area contributed by atoms with Crippen LogP contribution in [0.1, 0.15) is 25.7 Å². The van der Waals surface area contributed by atoms with Crippen LogP contribution in [0.3, 0.4) is 0 Å². The molecule has 1 aliphatic carbocycles. The van der Waals surface area contributed by atoms with E-state index in [0.29, 0.717) is 5.54 Å². The average molecular weight is 261 g/mol. The van der Waals surface area contributed by atoms with Crippen molar-refractivity contribution in [2.45, 2.75) is 36.5 Å². The van der Waals surface area contributed by atoms with Crippen LogP contribution in [0.2, 0.25) is 0 Å². The third-order valence-corrected chi connectivity index (χ3v) is 4.88. The van der Waals surface area contributed by atoms with Crippen LogP contribution in [0, 0.1) is 4.78 Å². The maximum Gasteiger partial charge on any atom is 0.0567 e. The summed E-state index contributed by atoms with van der Waals surface area (Å²) in [6.45, 7) is 0.791. The number of nitrogens with one attached hydrogen (secondary N) is 2. The molecule has 1 spiro atoms. The Kier molecular flexibility index (Phi) is 4.72. The van der Waals surface area contributed by atoms with Crippen LogP contribution in [-0.4, -0.2) is 27.8 Å². The van der Waals surface area contributed by atoms with E-state index >= 15 is 0 Å². The average Bonchev–Trinajstić information content (AvgIpc) is 2.26. The highest BCUT2D eigenvalue weighted by Crippen LogP contribution is 2.40. The van der Waals surface area contributed by atoms with E-state index in [1.165, 1.54) is 19.3 Å². The minimum Gasteiger partial charge on any atom is -0.310 e. The molecule has 2 rings (SSSR count). The lowest BCUT2D eigenvalue weighted by atomic mass is 9.76. The summed E-state index contributed by atoms with van der Waals surface area (Å²) in [4.78, 5) is 0. The van der Waals surface area contributed by atoms with Gasteiger partial charge in [-0.2, -0.15) is 0 Å². The Balaban J connectivity index is 0.000000845. The van der Waals surface area contributed by atoms with Gasteiger partial charge in [0.25, 0.3) is 0 Å². The molecule has 2 unspecified atom stereocenters. The van der Waals surface area contributed by atoms with Gasteiger partial charge in [-0.15, -0.1) is 24.8 Å². The first-order valence-corrected chi connectivity index (χ1v) is 6.52. The van der Waals surface area contributed by atoms with Crippen molar-refractivity contribution >= 4 is 34.5 Å². The molecule has 0 aromatic rings. The molecule has 2 N–H and O–H groups in total. The first-order valence-electron chi connectivity index (χ1n) is 4.50. The molecule has 1 heterocycles. The largest absolute Gasteiger partial charge is 0.310 e. The Morgan fingerprint density at radius 2 is 2.00 bits per heavy atom. The van der Waals surface area contributed by atoms with Gasteiger partial charge in [0.15, 0.2) is 0 Å². The standard InChI is InChI=1S/C8H16N2OS.2ClH/c1-12(9,11)7-5-8(10-6-7)3-2-4-8;;/h7,9-10H,2-6H2,1H3;2*1H. The van der Waals surface area contributed by atoms with E-state index in [1.807, 2.05) is 0 Å². The highest BCUT2D eigenvalue weighted by Gasteiger charge is 2.45. The van der Waals surface area contributed by atoms with Gasteiger partial charge in [-0.05, 0) is 25.7 Å². The zero-order chi connectivity index (χ0) is 8.82. The minimum atomic E-state index is -2.31. The lowest BCUT2D eigenvalue weighted by Gasteiger charge is -2.38. The molecule has 0 bridgehead atoms. The lowest BCUT2D eigenvalue weighted by Crippen LogP contribution is -2.45. The zero-order valence-corrected chi connectivity index (χ0v) is 10.7. The molecule has 14 heavy (non-hydrogen) atoms. The summed E-state index contributed by atoms with van der Waals surface area (Å²) in [5.41, 5.74) is 0.296. The third-order valence-electron chi connectivity index (χ3n) is 3.27. The molecule has 2 aliphatic rings. The molecular weight excluding hydrogens is 243 g/mol. The van der Waals surface area contributed by atoms with Crippen molar-refractivity contribution < 1.29 is 4.21 Å². The molecule has 6 heteroatoms. The lowest BCUT2D eigenvalue weighted by molar-refractivity contribution is 0.217. The van der Waals surface area contributed by atoms with E-state index < -0.39 is 9.73 Å². The van der Waals surface area contributed by atoms with Crippen molar-refractivity contribution in [3.05, 3.63) is 0 Å². The molecule has 2 atom stereocenters. The molecule has 0 aromatic heterocycles. The molecule has 86 valence electrons. The number of rotatable bonds is 1. The molecule has 1 aliphatic heterocycles. The molecule has 2 fully saturated rings. The van der Waals surface area contributed by atoms with Gasteiger partial charge in [0.05, 0.1) is 5.25 Å². The van der Waals surface area contributed by atoms with E-state index in [9.17, 15) is 4.21 Å². The minimum absolute atomic E-state index is 0. The monoisotopic (exact) mass is 260 g/mol. The van der Waals surface area contributed by atoms with Crippen LogP contribution in [-0.2, 0) is 9.73 Å². The summed E-state index contributed by atoms with van der Waals surface area (Å²) in [5.74, 6) is 0. The van der Waals surface area contributed by atoms with Gasteiger partial charge in [0.2, 0.25) is 0 Å². The zero-order valence-electron chi connectivity index (χ0n) is 8.25. The van der Waals surface area contributed by atoms with Gasteiger partial charge in [0, 0.05) is 28.1 Å². The van der Waals surface area contributed by atoms with Crippen LogP contribution in [0.25, 0.3) is 0 Å². The summed E-state index contributed by atoms with van der Waals surface area (Å²) in [5, 5.41) is 3.52. The molecular formula is C8H18Cl2N2OS. The first-order chi connectivity index (χ1) is 5.52. The van der Waals surface area contributed by atoms with Crippen LogP contribution in [0.15, 0.2) is 0 Å². The normalized spacial score (nSPS) is 32.2. The SMILES string of the molecule is CS(=N)(=O)C1CNC2(CCC2)C1.Cl.Cl. The third kappa shape index (κ3) is 2.54. The number of hydrogen-bond donors (Lipinski definition) is 2. The summed E-state index contributed by atoms with van der Waals surface area (Å²) in [6, 6.07) is 0. The van der Waals surface area contributed by atoms with E-state index in [4.69, 9.17) is 4.78 Å². The van der Waals surface area contributed by atoms with Crippen molar-refractivity contribution in [3.8, 4) is 0 Å². The molecule has 0 radical (unpaired) electrons. The fraction of sp³-hybridized carbons (Fsp3) is 1.00. The predicted molar refractivity (Wildman–Crippen MR) is 64.3 cm³/mol. The number of hydrogen-bond acceptors (Lipinski definition) is 3. The smallest absolute Gasteiger partial charge is 0.0567 e. The van der Waals surface area contributed by atoms with Crippen LogP contribution in [0.4, 0.5) is 0 Å². The van der Waals surface area contributed by atoms with Gasteiger partial charge in [0.1, 0.15) is 0 Å². The van der Waals surface area contributed by atoms with Crippen molar-refractivity contribution in [3.63, 3.8) is 0 Å². The van der Waals surface area contributed by atoms with Crippen LogP contribution in [0.5, 0.6) is 0 Å². The Hall–Kier alpha value is 0.490. The van der Waals surface area contributed by atoms with E-state index in [0.717, 1.165) is 13.0 Å². The molecule has 0 aromatic carbocycles. The Morgan fingerprint density at radius 1 is 1.43 bits per heavy atom. The summed E-state index contributed by atoms with van der Waals surface area (Å²) in [6.07, 6.45) is 6.27. The highest BCUT2D eigenvalue weighted by molar-refractivity contribution is 7.92. The van der Waals surface area contributed by atoms with Crippen LogP contribution >= 0.6 is 24.8 Å². The first kappa shape index (κ1) is 14.5. The van der Waals surface area contributed by atoms with E-state index in [-0.39, 0.29) is 30.1 Å². The van der Waals surface area contributed by atoms with Gasteiger partial charge < -0.3 is 5.32 Å². The van der Waals surface area contributed by atoms with Crippen molar-refractivity contribution in [1.29, 1.82) is 4.78 Å². The van der Waals surface area contributed by atoms with Gasteiger partial charge >= 0.3 is 0 Å². The maximum absolute atomic E-state index is 11.4. The van der Waals surface area contributed by atoms with Crippen molar-refractivity contribution in [1.82, 2.24) is 5.32 Å². The Morgan fingerprint density at radius 3 is 2.21 bits per heavy atom. The van der Waals surface area contributed by atoms with Crippen molar-refractivity contribution in [2.75, 3.05) is 12.8 Å². The second-order valence-electron chi connectivity index (χ2n) is 4.24. The summed E-state index contributed by atoms with van der Waals surface area (Å²) >= 11 is 0. The molecule has 1 saturated carbocycles. The second-order valence-corrected chi connectivity index (χ2v) is 6.72. The topological polar surface area (TPSA) is 53.0 Å². The Labute approximate surface area is 98.2 Å². The van der Waals surface area contributed by atoms with Crippen molar-refractivity contribution in [2.24, 2.45) is 0 Å². The second kappa shape index (κ2) is 4.56. The quantitative estimate of drug-likeness (QED) is 0.756. The fourth-order valence-corrected chi connectivity index (χ4v) is 3.25. The van der Waals surface area contributed by atoms with Gasteiger partial charge in [-0.25, -0.2) is 4.21 Å². The molecule has 0 amide bonds. The van der Waals surface area contributed by atoms with Crippen LogP contribution < -0.4 is 5.32 Å². The van der Waals surface area contributed by atoms with Gasteiger partial charge in [-0.1, -0.05) is 0 Å². The molecule has 3 nitrogen and oxygen atoms in total. The maximum atomic E-state index is 11.4. The Bertz CT molecular complexity index is 288. The fourth-order valence-electron chi connectivity index (χ4n) is 2.21.